The molecule has 1 aliphatic heterocycles. The number of aldehydes is 1. The molecule has 0 spiro atoms. The second-order valence-corrected chi connectivity index (χ2v) is 4.05. The van der Waals surface area contributed by atoms with Crippen LogP contribution in [-0.2, 0) is 0 Å². The largest absolute Gasteiger partial charge is 0.668 e. The van der Waals surface area contributed by atoms with Crippen LogP contribution in [0.1, 0.15) is 35.3 Å². The lowest BCUT2D eigenvalue weighted by Gasteiger charge is -2.40. The third-order valence-electron chi connectivity index (χ3n) is 2.90. The Hall–Kier alpha value is -1.40. The highest BCUT2D eigenvalue weighted by Crippen LogP contribution is 2.40. The van der Waals surface area contributed by atoms with Crippen molar-refractivity contribution >= 4 is 13.0 Å². The summed E-state index contributed by atoms with van der Waals surface area (Å²) in [5, 5.41) is 19.2. The van der Waals surface area contributed by atoms with E-state index in [9.17, 15) is 14.8 Å². The van der Waals surface area contributed by atoms with Crippen LogP contribution in [0.5, 0.6) is 5.75 Å². The molecule has 0 saturated carbocycles. The molecule has 2 N–H and O–H groups in total. The van der Waals surface area contributed by atoms with Crippen LogP contribution in [0.3, 0.4) is 0 Å². The second-order valence-electron chi connectivity index (χ2n) is 4.05. The Kier molecular flexibility index (Phi) is 2.69. The Morgan fingerprint density at radius 2 is 2.44 bits per heavy atom. The van der Waals surface area contributed by atoms with Crippen molar-refractivity contribution in [2.24, 2.45) is 0 Å². The van der Waals surface area contributed by atoms with Gasteiger partial charge < -0.3 is 14.7 Å². The summed E-state index contributed by atoms with van der Waals surface area (Å²) in [6.45, 7) is -0.919. The van der Waals surface area contributed by atoms with Gasteiger partial charge in [-0.2, -0.15) is 0 Å². The smallest absolute Gasteiger partial charge is 0.431 e. The molecule has 6 heteroatoms. The minimum atomic E-state index is -2.87. The highest BCUT2D eigenvalue weighted by atomic mass is 16.6. The topological polar surface area (TPSA) is 79.7 Å². The Morgan fingerprint density at radius 1 is 1.69 bits per heavy atom. The van der Waals surface area contributed by atoms with Crippen molar-refractivity contribution in [3.63, 3.8) is 0 Å². The first kappa shape index (κ1) is 11.1. The number of fused-ring (bicyclic) bond motifs is 1. The Morgan fingerprint density at radius 3 is 3.06 bits per heavy atom. The van der Waals surface area contributed by atoms with Crippen LogP contribution in [0.15, 0.2) is 12.3 Å². The van der Waals surface area contributed by atoms with E-state index >= 15 is 0 Å². The molecule has 2 rings (SSSR count). The van der Waals surface area contributed by atoms with Gasteiger partial charge in [-0.15, -0.1) is 0 Å². The summed E-state index contributed by atoms with van der Waals surface area (Å²) in [5.74, 6) is 0.195. The molecule has 86 valence electrons. The number of rotatable bonds is 2. The van der Waals surface area contributed by atoms with E-state index in [1.54, 1.807) is 6.07 Å². The maximum Gasteiger partial charge on any atom is 0.431 e. The van der Waals surface area contributed by atoms with E-state index < -0.39 is 6.75 Å². The molecule has 1 aromatic rings. The average Bonchev–Trinajstić information content (AvgIpc) is 2.26. The zero-order chi connectivity index (χ0) is 11.8. The molecule has 0 aliphatic carbocycles. The first-order valence-electron chi connectivity index (χ1n) is 5.30. The van der Waals surface area contributed by atoms with E-state index in [-0.39, 0.29) is 23.7 Å². The van der Waals surface area contributed by atoms with Gasteiger partial charge in [0.25, 0.3) is 0 Å². The lowest BCUT2D eigenvalue weighted by Crippen LogP contribution is -2.46. The third kappa shape index (κ3) is 1.81. The monoisotopic (exact) mass is 222 g/mol. The second kappa shape index (κ2) is 3.88. The van der Waals surface area contributed by atoms with Gasteiger partial charge in [-0.25, -0.2) is 4.98 Å². The molecular weight excluding hydrogens is 209 g/mol. The summed E-state index contributed by atoms with van der Waals surface area (Å²) in [6.07, 6.45) is 3.00. The number of hydrogen-bond acceptors (Lipinski definition) is 5. The van der Waals surface area contributed by atoms with Crippen molar-refractivity contribution in [3.8, 4) is 5.75 Å². The van der Waals surface area contributed by atoms with Crippen molar-refractivity contribution < 1.29 is 19.5 Å². The van der Waals surface area contributed by atoms with Gasteiger partial charge in [0, 0.05) is 6.20 Å². The summed E-state index contributed by atoms with van der Waals surface area (Å²) in [7, 11) is 0. The van der Waals surface area contributed by atoms with Crippen molar-refractivity contribution in [1.82, 2.24) is 4.98 Å². The Balaban J connectivity index is 2.53. The quantitative estimate of drug-likeness (QED) is 0.568. The first-order chi connectivity index (χ1) is 7.57. The molecule has 0 bridgehead atoms. The van der Waals surface area contributed by atoms with E-state index in [4.69, 9.17) is 4.65 Å². The number of hydrogen-bond donors (Lipinski definition) is 2. The van der Waals surface area contributed by atoms with Crippen LogP contribution in [0.2, 0.25) is 6.32 Å². The fourth-order valence-corrected chi connectivity index (χ4v) is 2.13. The highest BCUT2D eigenvalue weighted by Gasteiger charge is 2.35. The molecule has 1 unspecified atom stereocenters. The number of aromatic nitrogens is 1. The van der Waals surface area contributed by atoms with E-state index in [1.165, 1.54) is 6.20 Å². The summed E-state index contributed by atoms with van der Waals surface area (Å²) < 4.78 is 5.05. The van der Waals surface area contributed by atoms with Crippen molar-refractivity contribution in [1.29, 1.82) is 0 Å². The van der Waals surface area contributed by atoms with Gasteiger partial charge in [0.2, 0.25) is 0 Å². The summed E-state index contributed by atoms with van der Waals surface area (Å²) in [5.41, 5.74) is 0.935. The summed E-state index contributed by atoms with van der Waals surface area (Å²) in [4.78, 5) is 14.6. The van der Waals surface area contributed by atoms with Crippen LogP contribution < -0.4 is 4.65 Å². The third-order valence-corrected chi connectivity index (χ3v) is 2.90. The minimum Gasteiger partial charge on any atom is -0.668 e. The van der Waals surface area contributed by atoms with Gasteiger partial charge >= 0.3 is 6.75 Å². The number of carbonyl (C=O) groups is 1. The molecule has 1 aromatic heterocycles. The maximum absolute atomic E-state index is 10.8. The molecule has 1 atom stereocenters. The molecule has 2 heterocycles. The normalized spacial score (nSPS) is 22.1. The molecular formula is C10H13BNO4-. The fourth-order valence-electron chi connectivity index (χ4n) is 2.13. The van der Waals surface area contributed by atoms with E-state index in [0.717, 1.165) is 12.0 Å². The van der Waals surface area contributed by atoms with Gasteiger partial charge in [0.1, 0.15) is 11.4 Å². The lowest BCUT2D eigenvalue weighted by molar-refractivity contribution is 0.111. The predicted molar refractivity (Wildman–Crippen MR) is 58.3 cm³/mol. The maximum atomic E-state index is 10.8. The highest BCUT2D eigenvalue weighted by molar-refractivity contribution is 6.59. The average molecular weight is 222 g/mol. The van der Waals surface area contributed by atoms with Crippen LogP contribution in [0.4, 0.5) is 0 Å². The van der Waals surface area contributed by atoms with Crippen LogP contribution in [0.25, 0.3) is 0 Å². The van der Waals surface area contributed by atoms with E-state index in [2.05, 4.69) is 4.98 Å². The van der Waals surface area contributed by atoms with Crippen LogP contribution in [0, 0.1) is 0 Å². The Bertz CT molecular complexity index is 421. The number of carbonyl (C=O) groups excluding carboxylic acids is 1. The molecule has 1 aliphatic rings. The van der Waals surface area contributed by atoms with E-state index in [0.29, 0.717) is 6.29 Å². The number of pyridine rings is 1. The van der Waals surface area contributed by atoms with Crippen LogP contribution >= 0.6 is 0 Å². The molecule has 0 fully saturated rings. The zero-order valence-corrected chi connectivity index (χ0v) is 8.96. The van der Waals surface area contributed by atoms with Gasteiger partial charge in [-0.3, -0.25) is 4.79 Å². The van der Waals surface area contributed by atoms with Gasteiger partial charge in [0.05, 0.1) is 0 Å². The first-order valence-corrected chi connectivity index (χ1v) is 5.30. The van der Waals surface area contributed by atoms with Gasteiger partial charge in [-0.1, -0.05) is 19.7 Å². The molecule has 0 radical (unpaired) electrons. The predicted octanol–water partition coefficient (Wildman–Crippen LogP) is 0.704. The molecule has 0 aromatic carbocycles. The zero-order valence-electron chi connectivity index (χ0n) is 8.96. The summed E-state index contributed by atoms with van der Waals surface area (Å²) >= 11 is 0. The lowest BCUT2D eigenvalue weighted by atomic mass is 9.64. The standard InChI is InChI=1S/C10H13BNO4/c1-2-7-5-11(14,15)16-10-8(7)3-4-12-9(10)6-13/h3-4,6-7,14-15H,2,5H2,1H3/q-1. The van der Waals surface area contributed by atoms with Crippen molar-refractivity contribution in [2.75, 3.05) is 0 Å². The molecule has 0 saturated heterocycles. The van der Waals surface area contributed by atoms with E-state index in [1.807, 2.05) is 6.92 Å². The molecule has 0 amide bonds. The SMILES string of the molecule is CCC1C[B-](O)(O)Oc2c1ccnc2C=O. The van der Waals surface area contributed by atoms with Crippen molar-refractivity contribution in [2.45, 2.75) is 25.6 Å². The van der Waals surface area contributed by atoms with Gasteiger partial charge in [0.15, 0.2) is 6.29 Å². The van der Waals surface area contributed by atoms with Crippen molar-refractivity contribution in [3.05, 3.63) is 23.5 Å². The fraction of sp³-hybridized carbons (Fsp3) is 0.400. The minimum absolute atomic E-state index is 0.0135. The summed E-state index contributed by atoms with van der Waals surface area (Å²) in [6, 6.07) is 1.75. The van der Waals surface area contributed by atoms with Gasteiger partial charge in [-0.05, 0) is 17.5 Å². The number of nitrogens with zero attached hydrogens (tertiary/aromatic N) is 1. The molecule has 5 nitrogen and oxygen atoms in total. The molecule has 16 heavy (non-hydrogen) atoms. The van der Waals surface area contributed by atoms with Crippen LogP contribution in [-0.4, -0.2) is 28.1 Å². The Labute approximate surface area is 93.1 Å².